The molecule has 5 atom stereocenters. The van der Waals surface area contributed by atoms with E-state index < -0.39 is 11.0 Å². The number of aliphatic hydroxyl groups is 1. The van der Waals surface area contributed by atoms with E-state index in [1.165, 1.54) is 28.8 Å². The second-order valence-electron chi connectivity index (χ2n) is 11.8. The maximum atomic E-state index is 13.8. The van der Waals surface area contributed by atoms with E-state index in [1.807, 2.05) is 20.4 Å². The van der Waals surface area contributed by atoms with Crippen molar-refractivity contribution in [2.24, 2.45) is 11.3 Å². The molecule has 1 N–H and O–H groups in total. The van der Waals surface area contributed by atoms with E-state index in [1.54, 1.807) is 12.1 Å². The fourth-order valence-corrected chi connectivity index (χ4v) is 7.26. The molecule has 2 aromatic rings. The van der Waals surface area contributed by atoms with E-state index in [0.717, 1.165) is 30.5 Å². The van der Waals surface area contributed by atoms with Gasteiger partial charge in [0.15, 0.2) is 0 Å². The molecule has 0 saturated heterocycles. The third kappa shape index (κ3) is 3.98. The molecule has 0 aromatic heterocycles. The Morgan fingerprint density at radius 3 is 2.66 bits per heavy atom. The van der Waals surface area contributed by atoms with Crippen molar-refractivity contribution in [3.05, 3.63) is 88.5 Å². The van der Waals surface area contributed by atoms with Gasteiger partial charge in [0.2, 0.25) is 0 Å². The lowest BCUT2D eigenvalue weighted by molar-refractivity contribution is -0.119. The summed E-state index contributed by atoms with van der Waals surface area (Å²) >= 11 is 0. The monoisotopic (exact) mass is 511 g/mol. The van der Waals surface area contributed by atoms with Gasteiger partial charge in [0.1, 0.15) is 23.3 Å². The van der Waals surface area contributed by atoms with Gasteiger partial charge in [0.25, 0.3) is 0 Å². The van der Waals surface area contributed by atoms with Gasteiger partial charge >= 0.3 is 0 Å². The van der Waals surface area contributed by atoms with Crippen molar-refractivity contribution < 1.29 is 19.0 Å². The Morgan fingerprint density at radius 1 is 1.13 bits per heavy atom. The summed E-state index contributed by atoms with van der Waals surface area (Å²) in [6, 6.07) is 14.9. The predicted octanol–water partition coefficient (Wildman–Crippen LogP) is 5.91. The molecule has 6 rings (SSSR count). The minimum absolute atomic E-state index is 0.0463. The molecule has 0 radical (unpaired) electrons. The predicted molar refractivity (Wildman–Crippen MR) is 146 cm³/mol. The minimum atomic E-state index is -1.22. The highest BCUT2D eigenvalue weighted by atomic mass is 19.1. The number of anilines is 1. The van der Waals surface area contributed by atoms with E-state index in [2.05, 4.69) is 47.9 Å². The highest BCUT2D eigenvalue weighted by molar-refractivity contribution is 5.84. The van der Waals surface area contributed by atoms with Crippen molar-refractivity contribution in [3.8, 4) is 11.8 Å². The Labute approximate surface area is 224 Å². The first-order valence-corrected chi connectivity index (χ1v) is 13.6. The van der Waals surface area contributed by atoms with Gasteiger partial charge in [0, 0.05) is 55.4 Å². The van der Waals surface area contributed by atoms with Crippen molar-refractivity contribution in [1.82, 2.24) is 0 Å². The smallest absolute Gasteiger partial charge is 0.137 e. The number of rotatable bonds is 2. The van der Waals surface area contributed by atoms with Crippen LogP contribution in [0.1, 0.15) is 62.5 Å². The van der Waals surface area contributed by atoms with Crippen LogP contribution in [0.4, 0.5) is 10.1 Å². The number of Topliss-reactive ketones (excluding diaryl/α,β-unsaturated/α-hetero) is 1. The van der Waals surface area contributed by atoms with Gasteiger partial charge in [-0.2, -0.15) is 0 Å². The van der Waals surface area contributed by atoms with Crippen molar-refractivity contribution >= 4 is 11.5 Å². The first-order valence-electron chi connectivity index (χ1n) is 13.6. The van der Waals surface area contributed by atoms with Crippen molar-refractivity contribution in [2.75, 3.05) is 19.0 Å². The first kappa shape index (κ1) is 24.9. The van der Waals surface area contributed by atoms with Gasteiger partial charge in [-0.25, -0.2) is 4.39 Å². The van der Waals surface area contributed by atoms with Crippen molar-refractivity contribution in [1.29, 1.82) is 0 Å². The largest absolute Gasteiger partial charge is 0.493 e. The molecule has 3 saturated carbocycles. The lowest BCUT2D eigenvalue weighted by atomic mass is 9.55. The third-order valence-electron chi connectivity index (χ3n) is 9.44. The van der Waals surface area contributed by atoms with Crippen LogP contribution < -0.4 is 4.90 Å². The van der Waals surface area contributed by atoms with E-state index in [9.17, 15) is 14.3 Å². The Balaban J connectivity index is 1.45. The van der Waals surface area contributed by atoms with Crippen LogP contribution in [-0.2, 0) is 9.53 Å². The average Bonchev–Trinajstić information content (AvgIpc) is 3.17. The number of fused-ring (bicyclic) bond motifs is 4. The van der Waals surface area contributed by atoms with E-state index in [-0.39, 0.29) is 29.5 Å². The minimum Gasteiger partial charge on any atom is -0.493 e. The molecule has 38 heavy (non-hydrogen) atoms. The summed E-state index contributed by atoms with van der Waals surface area (Å²) in [7, 11) is 4.06. The Kier molecular flexibility index (Phi) is 6.00. The van der Waals surface area contributed by atoms with Gasteiger partial charge in [-0.3, -0.25) is 4.79 Å². The molecule has 0 spiro atoms. The molecule has 1 heterocycles. The van der Waals surface area contributed by atoms with E-state index in [0.29, 0.717) is 24.8 Å². The summed E-state index contributed by atoms with van der Waals surface area (Å²) < 4.78 is 20.3. The molecule has 2 aromatic carbocycles. The van der Waals surface area contributed by atoms with Crippen LogP contribution in [0.15, 0.2) is 71.5 Å². The van der Waals surface area contributed by atoms with Crippen LogP contribution in [0.25, 0.3) is 0 Å². The summed E-state index contributed by atoms with van der Waals surface area (Å²) in [4.78, 5) is 14.3. The van der Waals surface area contributed by atoms with E-state index >= 15 is 0 Å². The van der Waals surface area contributed by atoms with E-state index in [4.69, 9.17) is 4.74 Å². The Hall–Kier alpha value is -3.36. The molecule has 196 valence electrons. The fourth-order valence-electron chi connectivity index (χ4n) is 7.26. The number of ether oxygens (including phenoxy) is 1. The van der Waals surface area contributed by atoms with Crippen LogP contribution >= 0.6 is 0 Å². The first-order chi connectivity index (χ1) is 18.2. The van der Waals surface area contributed by atoms with Gasteiger partial charge < -0.3 is 14.7 Å². The zero-order chi connectivity index (χ0) is 26.7. The number of carbonyl (C=O) groups is 1. The molecule has 3 fully saturated rings. The molecule has 0 unspecified atom stereocenters. The Morgan fingerprint density at radius 2 is 1.92 bits per heavy atom. The van der Waals surface area contributed by atoms with Crippen LogP contribution in [0.2, 0.25) is 0 Å². The fraction of sp³-hybridized carbons (Fsp3) is 0.424. The molecule has 3 aliphatic carbocycles. The number of hydrogen-bond acceptors (Lipinski definition) is 4. The summed E-state index contributed by atoms with van der Waals surface area (Å²) in [5.41, 5.74) is 4.73. The molecular weight excluding hydrogens is 477 g/mol. The van der Waals surface area contributed by atoms with Gasteiger partial charge in [-0.15, -0.1) is 0 Å². The molecular formula is C33H34FNO3. The van der Waals surface area contributed by atoms with Gasteiger partial charge in [-0.05, 0) is 78.3 Å². The van der Waals surface area contributed by atoms with Crippen LogP contribution in [0, 0.1) is 29.0 Å². The number of ketones is 1. The van der Waals surface area contributed by atoms with Gasteiger partial charge in [-0.1, -0.05) is 37.0 Å². The lowest BCUT2D eigenvalue weighted by Crippen LogP contribution is -2.53. The van der Waals surface area contributed by atoms with Crippen molar-refractivity contribution in [3.63, 3.8) is 0 Å². The zero-order valence-electron chi connectivity index (χ0n) is 22.3. The highest BCUT2D eigenvalue weighted by Crippen LogP contribution is 2.64. The molecule has 4 nitrogen and oxygen atoms in total. The maximum absolute atomic E-state index is 13.8. The second-order valence-corrected chi connectivity index (χ2v) is 11.8. The molecule has 0 amide bonds. The topological polar surface area (TPSA) is 49.8 Å². The molecule has 1 aliphatic heterocycles. The summed E-state index contributed by atoms with van der Waals surface area (Å²) in [5.74, 6) is 6.33. The standard InChI is InChI=1S/C33H34FNO3/c1-32-19-28(22-7-9-25(10-8-22)35(2)3)30-27-12-11-26(36)18-23(27)20-38-31(30)29(32)14-16-33(32,37)15-13-21-5-4-6-24(34)17-21/h4-10,17,20,28-29,31,37H,11-12,14,16,18-19H2,1-3H3/t28-,29+,31+,32+,33+/m1/s1. The Bertz CT molecular complexity index is 1410. The van der Waals surface area contributed by atoms with Gasteiger partial charge in [0.05, 0.1) is 6.26 Å². The molecule has 4 aliphatic rings. The van der Waals surface area contributed by atoms with Crippen molar-refractivity contribution in [2.45, 2.75) is 63.1 Å². The van der Waals surface area contributed by atoms with Crippen LogP contribution in [0.3, 0.4) is 0 Å². The SMILES string of the molecule is CN(C)c1ccc([C@H]2C[C@@]3(C)[C@@H](CC[C@@]3(O)C#Cc3cccc(F)c3)[C@@H]3OC=C4CC(=O)CCC4=C32)cc1. The number of halogens is 1. The third-order valence-corrected chi connectivity index (χ3v) is 9.44. The quantitative estimate of drug-likeness (QED) is 0.510. The maximum Gasteiger partial charge on any atom is 0.137 e. The van der Waals surface area contributed by atoms with Crippen LogP contribution in [-0.4, -0.2) is 36.7 Å². The summed E-state index contributed by atoms with van der Waals surface area (Å²) in [6.45, 7) is 2.15. The summed E-state index contributed by atoms with van der Waals surface area (Å²) in [5, 5.41) is 12.1. The molecule has 5 heteroatoms. The number of allylic oxidation sites excluding steroid dienone is 2. The zero-order valence-corrected chi connectivity index (χ0v) is 22.3. The lowest BCUT2D eigenvalue weighted by Gasteiger charge is -2.52. The second kappa shape index (κ2) is 9.13. The normalized spacial score (nSPS) is 31.8. The molecule has 0 bridgehead atoms. The number of carbonyl (C=O) groups excluding carboxylic acids is 1. The average molecular weight is 512 g/mol. The highest BCUT2D eigenvalue weighted by Gasteiger charge is 2.63. The number of hydrogen-bond donors (Lipinski definition) is 1. The number of nitrogens with zero attached hydrogens (tertiary/aromatic N) is 1. The van der Waals surface area contributed by atoms with Crippen LogP contribution in [0.5, 0.6) is 0 Å². The summed E-state index contributed by atoms with van der Waals surface area (Å²) in [6.07, 6.45) is 5.47. The number of benzene rings is 2.